The van der Waals surface area contributed by atoms with Crippen molar-refractivity contribution in [1.29, 1.82) is 0 Å². The van der Waals surface area contributed by atoms with Crippen LogP contribution in [0.25, 0.3) is 0 Å². The highest BCUT2D eigenvalue weighted by molar-refractivity contribution is 7.89. The minimum Gasteiger partial charge on any atom is -0.346 e. The van der Waals surface area contributed by atoms with E-state index in [4.69, 9.17) is 0 Å². The second-order valence-corrected chi connectivity index (χ2v) is 8.20. The van der Waals surface area contributed by atoms with Gasteiger partial charge in [0, 0.05) is 11.8 Å². The van der Waals surface area contributed by atoms with Gasteiger partial charge in [0.2, 0.25) is 0 Å². The first-order chi connectivity index (χ1) is 11.3. The number of carbonyl (C=O) groups is 1. The van der Waals surface area contributed by atoms with Crippen LogP contribution in [0.3, 0.4) is 0 Å². The van der Waals surface area contributed by atoms with Crippen molar-refractivity contribution in [3.8, 4) is 0 Å². The van der Waals surface area contributed by atoms with Crippen LogP contribution in [0.5, 0.6) is 0 Å². The predicted octanol–water partition coefficient (Wildman–Crippen LogP) is 3.28. The van der Waals surface area contributed by atoms with Crippen molar-refractivity contribution in [3.05, 3.63) is 70.8 Å². The van der Waals surface area contributed by atoms with Crippen LogP contribution in [0.4, 0.5) is 0 Å². The fourth-order valence-corrected chi connectivity index (χ4v) is 3.26. The lowest BCUT2D eigenvalue weighted by molar-refractivity contribution is 0.0940. The lowest BCUT2D eigenvalue weighted by atomic mass is 10.0. The summed E-state index contributed by atoms with van der Waals surface area (Å²) in [6.07, 6.45) is 2.18. The second kappa shape index (κ2) is 7.62. The van der Waals surface area contributed by atoms with E-state index in [1.165, 1.54) is 11.8 Å². The highest BCUT2D eigenvalue weighted by Crippen LogP contribution is 2.15. The van der Waals surface area contributed by atoms with E-state index >= 15 is 0 Å². The maximum atomic E-state index is 12.3. The standard InChI is InChI=1S/C19H23NO3S/c1-4-15-5-9-17(10-6-15)14(2)20-19(21)18-11-7-16(8-12-18)13-24(3,22)23/h5-12,14H,4,13H2,1-3H3,(H,20,21). The maximum absolute atomic E-state index is 12.3. The zero-order chi connectivity index (χ0) is 17.7. The molecule has 5 heteroatoms. The third-order valence-electron chi connectivity index (χ3n) is 3.88. The normalized spacial score (nSPS) is 12.6. The highest BCUT2D eigenvalue weighted by Gasteiger charge is 2.12. The van der Waals surface area contributed by atoms with E-state index < -0.39 is 9.84 Å². The van der Waals surface area contributed by atoms with Gasteiger partial charge in [-0.3, -0.25) is 4.79 Å². The summed E-state index contributed by atoms with van der Waals surface area (Å²) in [6, 6.07) is 14.8. The van der Waals surface area contributed by atoms with Crippen molar-refractivity contribution in [2.24, 2.45) is 0 Å². The molecule has 2 aromatic carbocycles. The monoisotopic (exact) mass is 345 g/mol. The number of rotatable bonds is 6. The van der Waals surface area contributed by atoms with E-state index in [-0.39, 0.29) is 17.7 Å². The lowest BCUT2D eigenvalue weighted by Crippen LogP contribution is -2.26. The van der Waals surface area contributed by atoms with Gasteiger partial charge in [-0.05, 0) is 42.2 Å². The van der Waals surface area contributed by atoms with Gasteiger partial charge in [0.1, 0.15) is 0 Å². The van der Waals surface area contributed by atoms with Crippen molar-refractivity contribution in [3.63, 3.8) is 0 Å². The summed E-state index contributed by atoms with van der Waals surface area (Å²) in [5.74, 6) is -0.192. The summed E-state index contributed by atoms with van der Waals surface area (Å²) in [5, 5.41) is 2.96. The lowest BCUT2D eigenvalue weighted by Gasteiger charge is -2.15. The molecule has 0 aliphatic heterocycles. The molecule has 0 saturated heterocycles. The van der Waals surface area contributed by atoms with E-state index in [1.54, 1.807) is 24.3 Å². The van der Waals surface area contributed by atoms with E-state index in [2.05, 4.69) is 24.4 Å². The zero-order valence-electron chi connectivity index (χ0n) is 14.2. The van der Waals surface area contributed by atoms with Gasteiger partial charge in [0.15, 0.2) is 9.84 Å². The zero-order valence-corrected chi connectivity index (χ0v) is 15.1. The summed E-state index contributed by atoms with van der Waals surface area (Å²) < 4.78 is 22.6. The molecule has 1 atom stereocenters. The van der Waals surface area contributed by atoms with Crippen LogP contribution < -0.4 is 5.32 Å². The van der Waals surface area contributed by atoms with Gasteiger partial charge in [-0.2, -0.15) is 0 Å². The molecule has 1 amide bonds. The Morgan fingerprint density at radius 3 is 2.04 bits per heavy atom. The number of hydrogen-bond donors (Lipinski definition) is 1. The van der Waals surface area contributed by atoms with Crippen molar-refractivity contribution in [2.75, 3.05) is 6.26 Å². The molecule has 0 spiro atoms. The van der Waals surface area contributed by atoms with Crippen LogP contribution in [0.1, 0.15) is 46.9 Å². The molecule has 128 valence electrons. The molecule has 0 fully saturated rings. The summed E-state index contributed by atoms with van der Waals surface area (Å²) in [7, 11) is -3.07. The van der Waals surface area contributed by atoms with Crippen molar-refractivity contribution < 1.29 is 13.2 Å². The second-order valence-electron chi connectivity index (χ2n) is 6.06. The maximum Gasteiger partial charge on any atom is 0.251 e. The Morgan fingerprint density at radius 2 is 1.54 bits per heavy atom. The molecule has 0 aromatic heterocycles. The Kier molecular flexibility index (Phi) is 5.78. The first-order valence-corrected chi connectivity index (χ1v) is 10.0. The summed E-state index contributed by atoms with van der Waals surface area (Å²) >= 11 is 0. The first-order valence-electron chi connectivity index (χ1n) is 7.95. The molecule has 2 rings (SSSR count). The van der Waals surface area contributed by atoms with Crippen molar-refractivity contribution in [2.45, 2.75) is 32.1 Å². The molecule has 1 N–H and O–H groups in total. The molecule has 4 nitrogen and oxygen atoms in total. The molecule has 24 heavy (non-hydrogen) atoms. The third kappa shape index (κ3) is 5.20. The summed E-state index contributed by atoms with van der Waals surface area (Å²) in [4.78, 5) is 12.3. The Bertz CT molecular complexity index is 794. The average Bonchev–Trinajstić information content (AvgIpc) is 2.54. The van der Waals surface area contributed by atoms with Crippen LogP contribution in [0, 0.1) is 0 Å². The Labute approximate surface area is 143 Å². The smallest absolute Gasteiger partial charge is 0.251 e. The minimum absolute atomic E-state index is 0.0188. The number of sulfone groups is 1. The number of aryl methyl sites for hydroxylation is 1. The molecular weight excluding hydrogens is 322 g/mol. The predicted molar refractivity (Wildman–Crippen MR) is 96.7 cm³/mol. The van der Waals surface area contributed by atoms with Crippen molar-refractivity contribution >= 4 is 15.7 Å². The van der Waals surface area contributed by atoms with Crippen molar-refractivity contribution in [1.82, 2.24) is 5.32 Å². The van der Waals surface area contributed by atoms with E-state index in [9.17, 15) is 13.2 Å². The Hall–Kier alpha value is -2.14. The molecule has 0 radical (unpaired) electrons. The average molecular weight is 345 g/mol. The topological polar surface area (TPSA) is 63.2 Å². The SMILES string of the molecule is CCc1ccc(C(C)NC(=O)c2ccc(CS(C)(=O)=O)cc2)cc1. The Balaban J connectivity index is 2.03. The Morgan fingerprint density at radius 1 is 1.00 bits per heavy atom. The molecule has 0 aliphatic carbocycles. The van der Waals surface area contributed by atoms with Crippen LogP contribution >= 0.6 is 0 Å². The quantitative estimate of drug-likeness (QED) is 0.874. The van der Waals surface area contributed by atoms with Gasteiger partial charge < -0.3 is 5.32 Å². The molecular formula is C19H23NO3S. The summed E-state index contributed by atoms with van der Waals surface area (Å²) in [5.41, 5.74) is 3.51. The van der Waals surface area contributed by atoms with Crippen LogP contribution in [0.2, 0.25) is 0 Å². The van der Waals surface area contributed by atoms with Gasteiger partial charge in [-0.15, -0.1) is 0 Å². The molecule has 2 aromatic rings. The largest absolute Gasteiger partial charge is 0.346 e. The fraction of sp³-hybridized carbons (Fsp3) is 0.316. The first kappa shape index (κ1) is 18.2. The van der Waals surface area contributed by atoms with Crippen LogP contribution in [-0.4, -0.2) is 20.6 Å². The van der Waals surface area contributed by atoms with Gasteiger partial charge in [-0.1, -0.05) is 43.3 Å². The van der Waals surface area contributed by atoms with E-state index in [0.29, 0.717) is 11.1 Å². The third-order valence-corrected chi connectivity index (χ3v) is 4.74. The van der Waals surface area contributed by atoms with Gasteiger partial charge >= 0.3 is 0 Å². The minimum atomic E-state index is -3.07. The number of benzene rings is 2. The van der Waals surface area contributed by atoms with E-state index in [1.807, 2.05) is 19.1 Å². The number of nitrogens with one attached hydrogen (secondary N) is 1. The fourth-order valence-electron chi connectivity index (χ4n) is 2.46. The molecule has 0 bridgehead atoms. The van der Waals surface area contributed by atoms with Gasteiger partial charge in [0.05, 0.1) is 11.8 Å². The molecule has 0 saturated carbocycles. The molecule has 1 unspecified atom stereocenters. The van der Waals surface area contributed by atoms with Crippen LogP contribution in [0.15, 0.2) is 48.5 Å². The van der Waals surface area contributed by atoms with E-state index in [0.717, 1.165) is 12.0 Å². The van der Waals surface area contributed by atoms with Crippen LogP contribution in [-0.2, 0) is 22.0 Å². The highest BCUT2D eigenvalue weighted by atomic mass is 32.2. The molecule has 0 aliphatic rings. The van der Waals surface area contributed by atoms with Gasteiger partial charge in [0.25, 0.3) is 5.91 Å². The van der Waals surface area contributed by atoms with Gasteiger partial charge in [-0.25, -0.2) is 8.42 Å². The molecule has 0 heterocycles. The number of amides is 1. The number of carbonyl (C=O) groups excluding carboxylic acids is 1. The number of hydrogen-bond acceptors (Lipinski definition) is 3. The summed E-state index contributed by atoms with van der Waals surface area (Å²) in [6.45, 7) is 4.05.